The summed E-state index contributed by atoms with van der Waals surface area (Å²) in [6.45, 7) is 19.1. The summed E-state index contributed by atoms with van der Waals surface area (Å²) in [5.74, 6) is 3.43. The second-order valence-electron chi connectivity index (χ2n) is 10.3. The quantitative estimate of drug-likeness (QED) is 0.308. The van der Waals surface area contributed by atoms with Gasteiger partial charge in [-0.25, -0.2) is 9.36 Å². The van der Waals surface area contributed by atoms with Crippen molar-refractivity contribution >= 4 is 41.0 Å². The molecule has 0 aliphatic carbocycles. The molecule has 32 heavy (non-hydrogen) atoms. The lowest BCUT2D eigenvalue weighted by Gasteiger charge is -2.38. The molecule has 0 saturated carbocycles. The standard InChI is InChI=1S/C26H35BrN2O2Si/c1-17(2)32(18(3)4,19(5)6)15-13-23-22(12-14-28)21-11-10-20(27)16-24(21)29(23)25(30)31-26(7,8)9/h10-11,16-19H,12H2,1-9H3. The van der Waals surface area contributed by atoms with Crippen LogP contribution in [0.25, 0.3) is 10.9 Å². The Bertz CT molecular complexity index is 1080. The summed E-state index contributed by atoms with van der Waals surface area (Å²) in [5, 5.41) is 10.4. The van der Waals surface area contributed by atoms with Crippen LogP contribution >= 0.6 is 15.9 Å². The Morgan fingerprint density at radius 2 is 1.69 bits per heavy atom. The Kier molecular flexibility index (Phi) is 8.08. The van der Waals surface area contributed by atoms with Crippen LogP contribution in [-0.2, 0) is 11.2 Å². The van der Waals surface area contributed by atoms with Gasteiger partial charge in [0.15, 0.2) is 0 Å². The molecule has 0 amide bonds. The fourth-order valence-electron chi connectivity index (χ4n) is 4.81. The van der Waals surface area contributed by atoms with Crippen molar-refractivity contribution in [2.75, 3.05) is 0 Å². The summed E-state index contributed by atoms with van der Waals surface area (Å²) < 4.78 is 8.16. The van der Waals surface area contributed by atoms with Gasteiger partial charge in [0, 0.05) is 15.4 Å². The van der Waals surface area contributed by atoms with E-state index < -0.39 is 19.8 Å². The normalized spacial score (nSPS) is 12.2. The van der Waals surface area contributed by atoms with Gasteiger partial charge >= 0.3 is 6.09 Å². The number of carbonyl (C=O) groups excluding carboxylic acids is 1. The Balaban J connectivity index is 2.93. The maximum atomic E-state index is 13.3. The molecule has 0 aliphatic heterocycles. The highest BCUT2D eigenvalue weighted by atomic mass is 79.9. The van der Waals surface area contributed by atoms with Gasteiger partial charge in [0.2, 0.25) is 0 Å². The van der Waals surface area contributed by atoms with Crippen LogP contribution < -0.4 is 0 Å². The fourth-order valence-corrected chi connectivity index (χ4v) is 10.4. The molecule has 0 unspecified atom stereocenters. The van der Waals surface area contributed by atoms with Crippen LogP contribution in [0, 0.1) is 22.8 Å². The van der Waals surface area contributed by atoms with Crippen molar-refractivity contribution in [3.63, 3.8) is 0 Å². The first-order valence-corrected chi connectivity index (χ1v) is 14.2. The second-order valence-corrected chi connectivity index (χ2v) is 16.8. The van der Waals surface area contributed by atoms with Gasteiger partial charge in [0.05, 0.1) is 18.0 Å². The Hall–Kier alpha value is -2.02. The molecule has 2 aromatic rings. The molecule has 6 heteroatoms. The summed E-state index contributed by atoms with van der Waals surface area (Å²) in [4.78, 5) is 13.3. The summed E-state index contributed by atoms with van der Waals surface area (Å²) in [7, 11) is -2.04. The zero-order valence-corrected chi connectivity index (χ0v) is 23.3. The minimum absolute atomic E-state index is 0.178. The molecule has 0 N–H and O–H groups in total. The van der Waals surface area contributed by atoms with E-state index in [9.17, 15) is 10.1 Å². The lowest BCUT2D eigenvalue weighted by atomic mass is 10.1. The summed E-state index contributed by atoms with van der Waals surface area (Å²) >= 11 is 3.52. The SMILES string of the molecule is CC(C)[Si](C#Cc1c(CC#N)c2ccc(Br)cc2n1C(=O)OC(C)(C)C)(C(C)C)C(C)C. The zero-order valence-electron chi connectivity index (χ0n) is 20.8. The number of nitrogens with zero attached hydrogens (tertiary/aromatic N) is 2. The molecular formula is C26H35BrN2O2Si. The van der Waals surface area contributed by atoms with E-state index in [0.29, 0.717) is 27.8 Å². The maximum absolute atomic E-state index is 13.3. The topological polar surface area (TPSA) is 55.0 Å². The molecule has 0 radical (unpaired) electrons. The third-order valence-electron chi connectivity index (χ3n) is 6.13. The van der Waals surface area contributed by atoms with Crippen molar-refractivity contribution in [1.29, 1.82) is 5.26 Å². The minimum Gasteiger partial charge on any atom is -0.443 e. The highest BCUT2D eigenvalue weighted by Crippen LogP contribution is 2.41. The lowest BCUT2D eigenvalue weighted by Crippen LogP contribution is -2.43. The number of benzene rings is 1. The Morgan fingerprint density at radius 3 is 2.16 bits per heavy atom. The number of aromatic nitrogens is 1. The number of fused-ring (bicyclic) bond motifs is 1. The van der Waals surface area contributed by atoms with Crippen LogP contribution in [0.2, 0.25) is 16.6 Å². The van der Waals surface area contributed by atoms with Gasteiger partial charge in [-0.2, -0.15) is 5.26 Å². The van der Waals surface area contributed by atoms with E-state index >= 15 is 0 Å². The number of halogens is 1. The third-order valence-corrected chi connectivity index (χ3v) is 12.9. The first-order valence-electron chi connectivity index (χ1n) is 11.2. The van der Waals surface area contributed by atoms with Crippen LogP contribution in [0.1, 0.15) is 73.6 Å². The van der Waals surface area contributed by atoms with Crippen LogP contribution in [0.3, 0.4) is 0 Å². The largest absolute Gasteiger partial charge is 0.443 e. The number of ether oxygens (including phenoxy) is 1. The van der Waals surface area contributed by atoms with Crippen LogP contribution in [0.5, 0.6) is 0 Å². The molecule has 0 fully saturated rings. The second kappa shape index (κ2) is 9.85. The van der Waals surface area contributed by atoms with Crippen molar-refractivity contribution in [3.05, 3.63) is 33.9 Å². The van der Waals surface area contributed by atoms with Crippen molar-refractivity contribution in [2.45, 2.75) is 91.0 Å². The number of nitriles is 1. The molecule has 2 rings (SSSR count). The van der Waals surface area contributed by atoms with Gasteiger partial charge in [-0.3, -0.25) is 0 Å². The predicted octanol–water partition coefficient (Wildman–Crippen LogP) is 7.82. The first-order chi connectivity index (χ1) is 14.8. The molecule has 0 spiro atoms. The smallest absolute Gasteiger partial charge is 0.420 e. The van der Waals surface area contributed by atoms with Gasteiger partial charge < -0.3 is 4.74 Å². The Morgan fingerprint density at radius 1 is 1.12 bits per heavy atom. The predicted molar refractivity (Wildman–Crippen MR) is 139 cm³/mol. The number of carbonyl (C=O) groups is 1. The lowest BCUT2D eigenvalue weighted by molar-refractivity contribution is 0.0543. The molecule has 1 aromatic carbocycles. The highest BCUT2D eigenvalue weighted by molar-refractivity contribution is 9.10. The average molecular weight is 516 g/mol. The van der Waals surface area contributed by atoms with Gasteiger partial charge in [-0.15, -0.1) is 5.54 Å². The molecule has 0 atom stereocenters. The molecule has 4 nitrogen and oxygen atoms in total. The van der Waals surface area contributed by atoms with E-state index in [-0.39, 0.29) is 6.42 Å². The molecular weight excluding hydrogens is 480 g/mol. The van der Waals surface area contributed by atoms with Crippen molar-refractivity contribution in [3.8, 4) is 17.5 Å². The minimum atomic E-state index is -2.04. The molecule has 0 bridgehead atoms. The maximum Gasteiger partial charge on any atom is 0.420 e. The average Bonchev–Trinajstić information content (AvgIpc) is 2.93. The number of hydrogen-bond donors (Lipinski definition) is 0. The van der Waals surface area contributed by atoms with E-state index in [2.05, 4.69) is 75.0 Å². The zero-order chi connectivity index (χ0) is 24.4. The van der Waals surface area contributed by atoms with E-state index in [4.69, 9.17) is 4.74 Å². The van der Waals surface area contributed by atoms with E-state index in [1.54, 1.807) is 4.57 Å². The molecule has 1 heterocycles. The number of hydrogen-bond acceptors (Lipinski definition) is 3. The van der Waals surface area contributed by atoms with Crippen molar-refractivity contribution < 1.29 is 9.53 Å². The van der Waals surface area contributed by atoms with E-state index in [0.717, 1.165) is 15.4 Å². The van der Waals surface area contributed by atoms with Crippen molar-refractivity contribution in [1.82, 2.24) is 4.57 Å². The highest BCUT2D eigenvalue weighted by Gasteiger charge is 2.42. The van der Waals surface area contributed by atoms with Crippen LogP contribution in [-0.4, -0.2) is 24.3 Å². The summed E-state index contributed by atoms with van der Waals surface area (Å²) in [6, 6.07) is 8.02. The molecule has 172 valence electrons. The third kappa shape index (κ3) is 5.13. The fraction of sp³-hybridized carbons (Fsp3) is 0.538. The van der Waals surface area contributed by atoms with Gasteiger partial charge in [-0.05, 0) is 49.5 Å². The van der Waals surface area contributed by atoms with Crippen LogP contribution in [0.4, 0.5) is 4.79 Å². The van der Waals surface area contributed by atoms with Gasteiger partial charge in [-0.1, -0.05) is 69.5 Å². The van der Waals surface area contributed by atoms with E-state index in [1.807, 2.05) is 39.0 Å². The molecule has 1 aromatic heterocycles. The first kappa shape index (κ1) is 26.2. The molecule has 0 aliphatic rings. The van der Waals surface area contributed by atoms with E-state index in [1.165, 1.54) is 0 Å². The monoisotopic (exact) mass is 514 g/mol. The van der Waals surface area contributed by atoms with Crippen molar-refractivity contribution in [2.24, 2.45) is 0 Å². The molecule has 0 saturated heterocycles. The summed E-state index contributed by atoms with van der Waals surface area (Å²) in [5.41, 5.74) is 6.52. The Labute approximate surface area is 202 Å². The van der Waals surface area contributed by atoms with Crippen LogP contribution in [0.15, 0.2) is 22.7 Å². The summed E-state index contributed by atoms with van der Waals surface area (Å²) in [6.07, 6.45) is -0.294. The van der Waals surface area contributed by atoms with Gasteiger partial charge in [0.25, 0.3) is 0 Å². The number of rotatable bonds is 4. The van der Waals surface area contributed by atoms with Gasteiger partial charge in [0.1, 0.15) is 19.4 Å².